The van der Waals surface area contributed by atoms with Crippen molar-refractivity contribution in [2.45, 2.75) is 18.3 Å². The van der Waals surface area contributed by atoms with Crippen LogP contribution in [-0.4, -0.2) is 34.9 Å². The van der Waals surface area contributed by atoms with Gasteiger partial charge in [-0.15, -0.1) is 11.8 Å². The van der Waals surface area contributed by atoms with Gasteiger partial charge in [0.1, 0.15) is 18.4 Å². The van der Waals surface area contributed by atoms with Gasteiger partial charge >= 0.3 is 5.97 Å². The van der Waals surface area contributed by atoms with Crippen LogP contribution in [0.5, 0.6) is 5.75 Å². The first-order valence-corrected chi connectivity index (χ1v) is 8.57. The van der Waals surface area contributed by atoms with E-state index in [-0.39, 0.29) is 5.37 Å². The van der Waals surface area contributed by atoms with Crippen LogP contribution in [0.1, 0.15) is 5.56 Å². The van der Waals surface area contributed by atoms with Crippen LogP contribution >= 0.6 is 11.8 Å². The molecule has 4 nitrogen and oxygen atoms in total. The van der Waals surface area contributed by atoms with Crippen molar-refractivity contribution in [1.29, 1.82) is 0 Å². The zero-order chi connectivity index (χ0) is 16.2. The minimum atomic E-state index is -0.803. The van der Waals surface area contributed by atoms with E-state index >= 15 is 0 Å². The van der Waals surface area contributed by atoms with Gasteiger partial charge in [0, 0.05) is 5.75 Å². The van der Waals surface area contributed by atoms with Crippen molar-refractivity contribution in [3.8, 4) is 16.9 Å². The first kappa shape index (κ1) is 15.9. The van der Waals surface area contributed by atoms with Crippen molar-refractivity contribution in [2.75, 3.05) is 12.4 Å². The second kappa shape index (κ2) is 7.06. The highest BCUT2D eigenvalue weighted by Crippen LogP contribution is 2.24. The van der Waals surface area contributed by atoms with E-state index in [2.05, 4.69) is 36.5 Å². The molecule has 0 radical (unpaired) electrons. The maximum Gasteiger partial charge on any atom is 0.321 e. The lowest BCUT2D eigenvalue weighted by Gasteiger charge is -2.13. The maximum absolute atomic E-state index is 10.9. The fourth-order valence-electron chi connectivity index (χ4n) is 2.43. The summed E-state index contributed by atoms with van der Waals surface area (Å²) in [5, 5.41) is 12.0. The Morgan fingerprint density at radius 1 is 1.17 bits per heavy atom. The Balaban J connectivity index is 1.56. The number of aliphatic carboxylic acids is 1. The van der Waals surface area contributed by atoms with Crippen molar-refractivity contribution in [2.24, 2.45) is 0 Å². The molecule has 0 aromatic heterocycles. The summed E-state index contributed by atoms with van der Waals surface area (Å²) < 4.78 is 5.75. The van der Waals surface area contributed by atoms with Gasteiger partial charge in [0.05, 0.1) is 5.37 Å². The molecule has 2 atom stereocenters. The molecular formula is C18H19NO3S. The number of hydrogen-bond acceptors (Lipinski definition) is 4. The van der Waals surface area contributed by atoms with Gasteiger partial charge in [0.15, 0.2) is 0 Å². The monoisotopic (exact) mass is 329 g/mol. The van der Waals surface area contributed by atoms with Gasteiger partial charge in [-0.2, -0.15) is 0 Å². The Morgan fingerprint density at radius 2 is 1.78 bits per heavy atom. The van der Waals surface area contributed by atoms with E-state index in [0.717, 1.165) is 11.3 Å². The van der Waals surface area contributed by atoms with Crippen LogP contribution in [0.2, 0.25) is 0 Å². The highest BCUT2D eigenvalue weighted by molar-refractivity contribution is 8.00. The smallest absolute Gasteiger partial charge is 0.321 e. The molecule has 0 amide bonds. The standard InChI is InChI=1S/C18H19NO3S/c1-12-2-4-13(5-3-12)14-6-8-15(9-7-14)22-10-17-19-16(11-23-17)18(20)21/h2-9,16-17,19H,10-11H2,1H3,(H,20,21). The fraction of sp³-hybridized carbons (Fsp3) is 0.278. The molecule has 2 N–H and O–H groups in total. The molecule has 2 unspecified atom stereocenters. The lowest BCUT2D eigenvalue weighted by molar-refractivity contribution is -0.138. The molecule has 1 fully saturated rings. The molecular weight excluding hydrogens is 310 g/mol. The van der Waals surface area contributed by atoms with Gasteiger partial charge in [-0.25, -0.2) is 0 Å². The number of thioether (sulfide) groups is 1. The summed E-state index contributed by atoms with van der Waals surface area (Å²) in [5.41, 5.74) is 3.58. The third-order valence-electron chi connectivity index (χ3n) is 3.79. The van der Waals surface area contributed by atoms with Gasteiger partial charge in [0.25, 0.3) is 0 Å². The second-order valence-electron chi connectivity index (χ2n) is 5.58. The zero-order valence-corrected chi connectivity index (χ0v) is 13.7. The number of ether oxygens (including phenoxy) is 1. The number of aryl methyl sites for hydroxylation is 1. The van der Waals surface area contributed by atoms with E-state index in [1.165, 1.54) is 11.1 Å². The molecule has 0 saturated carbocycles. The molecule has 1 aliphatic heterocycles. The molecule has 120 valence electrons. The predicted molar refractivity (Wildman–Crippen MR) is 92.9 cm³/mol. The first-order valence-electron chi connectivity index (χ1n) is 7.52. The van der Waals surface area contributed by atoms with E-state index in [0.29, 0.717) is 12.4 Å². The SMILES string of the molecule is Cc1ccc(-c2ccc(OCC3NC(C(=O)O)CS3)cc2)cc1. The van der Waals surface area contributed by atoms with Crippen LogP contribution in [0.15, 0.2) is 48.5 Å². The number of carbonyl (C=O) groups is 1. The van der Waals surface area contributed by atoms with Crippen LogP contribution in [-0.2, 0) is 4.79 Å². The second-order valence-corrected chi connectivity index (χ2v) is 6.82. The average Bonchev–Trinajstić information content (AvgIpc) is 3.04. The summed E-state index contributed by atoms with van der Waals surface area (Å²) in [6.45, 7) is 2.53. The van der Waals surface area contributed by atoms with Crippen molar-refractivity contribution >= 4 is 17.7 Å². The maximum atomic E-state index is 10.9. The topological polar surface area (TPSA) is 58.6 Å². The molecule has 5 heteroatoms. The van der Waals surface area contributed by atoms with Gasteiger partial charge in [-0.3, -0.25) is 10.1 Å². The number of carboxylic acids is 1. The number of rotatable bonds is 5. The highest BCUT2D eigenvalue weighted by Gasteiger charge is 2.29. The summed E-state index contributed by atoms with van der Waals surface area (Å²) in [6, 6.07) is 15.9. The summed E-state index contributed by atoms with van der Waals surface area (Å²) in [6.07, 6.45) is 0. The Labute approximate surface area is 139 Å². The van der Waals surface area contributed by atoms with Crippen LogP contribution < -0.4 is 10.1 Å². The normalized spacial score (nSPS) is 20.4. The molecule has 2 aromatic rings. The molecule has 2 aromatic carbocycles. The summed E-state index contributed by atoms with van der Waals surface area (Å²) in [4.78, 5) is 10.9. The van der Waals surface area contributed by atoms with E-state index < -0.39 is 12.0 Å². The van der Waals surface area contributed by atoms with Gasteiger partial charge in [-0.1, -0.05) is 42.0 Å². The number of hydrogen-bond donors (Lipinski definition) is 2. The van der Waals surface area contributed by atoms with E-state index in [4.69, 9.17) is 9.84 Å². The van der Waals surface area contributed by atoms with Gasteiger partial charge in [0.2, 0.25) is 0 Å². The van der Waals surface area contributed by atoms with E-state index in [9.17, 15) is 4.79 Å². The average molecular weight is 329 g/mol. The van der Waals surface area contributed by atoms with Crippen LogP contribution in [0, 0.1) is 6.92 Å². The van der Waals surface area contributed by atoms with Crippen molar-refractivity contribution < 1.29 is 14.6 Å². The van der Waals surface area contributed by atoms with Crippen molar-refractivity contribution in [3.05, 3.63) is 54.1 Å². The lowest BCUT2D eigenvalue weighted by atomic mass is 10.0. The highest BCUT2D eigenvalue weighted by atomic mass is 32.2. The van der Waals surface area contributed by atoms with Crippen molar-refractivity contribution in [1.82, 2.24) is 5.32 Å². The summed E-state index contributed by atoms with van der Waals surface area (Å²) in [5.74, 6) is 0.569. The van der Waals surface area contributed by atoms with Gasteiger partial charge in [-0.05, 0) is 30.2 Å². The molecule has 0 bridgehead atoms. The number of benzene rings is 2. The number of carboxylic acid groups (broad SMARTS) is 1. The van der Waals surface area contributed by atoms with Crippen molar-refractivity contribution in [3.63, 3.8) is 0 Å². The lowest BCUT2D eigenvalue weighted by Crippen LogP contribution is -2.38. The summed E-state index contributed by atoms with van der Waals surface area (Å²) in [7, 11) is 0. The van der Waals surface area contributed by atoms with Crippen LogP contribution in [0.3, 0.4) is 0 Å². The molecule has 23 heavy (non-hydrogen) atoms. The summed E-state index contributed by atoms with van der Waals surface area (Å²) >= 11 is 1.58. The minimum absolute atomic E-state index is 0.0212. The Hall–Kier alpha value is -1.98. The molecule has 0 aliphatic carbocycles. The molecule has 1 aliphatic rings. The zero-order valence-electron chi connectivity index (χ0n) is 12.9. The Bertz CT molecular complexity index is 670. The third kappa shape index (κ3) is 4.06. The van der Waals surface area contributed by atoms with Crippen LogP contribution in [0.25, 0.3) is 11.1 Å². The quantitative estimate of drug-likeness (QED) is 0.882. The molecule has 3 rings (SSSR count). The van der Waals surface area contributed by atoms with E-state index in [1.807, 2.05) is 24.3 Å². The third-order valence-corrected chi connectivity index (χ3v) is 4.99. The predicted octanol–water partition coefficient (Wildman–Crippen LogP) is 3.16. The first-order chi connectivity index (χ1) is 11.1. The minimum Gasteiger partial charge on any atom is -0.491 e. The molecule has 0 spiro atoms. The van der Waals surface area contributed by atoms with Gasteiger partial charge < -0.3 is 9.84 Å². The largest absolute Gasteiger partial charge is 0.491 e. The van der Waals surface area contributed by atoms with E-state index in [1.54, 1.807) is 11.8 Å². The fourth-order valence-corrected chi connectivity index (χ4v) is 3.52. The Kier molecular flexibility index (Phi) is 4.88. The Morgan fingerprint density at radius 3 is 2.35 bits per heavy atom. The molecule has 1 heterocycles. The van der Waals surface area contributed by atoms with Crippen LogP contribution in [0.4, 0.5) is 0 Å². The molecule has 1 saturated heterocycles. The number of nitrogens with one attached hydrogen (secondary N) is 1.